The Balaban J connectivity index is 3.62. The molecule has 1 rings (SSSR count). The summed E-state index contributed by atoms with van der Waals surface area (Å²) in [6.07, 6.45) is 3.85. The second-order valence-electron chi connectivity index (χ2n) is 28.0. The van der Waals surface area contributed by atoms with Gasteiger partial charge in [0.1, 0.15) is 12.7 Å². The van der Waals surface area contributed by atoms with E-state index in [0.29, 0.717) is 12.8 Å². The van der Waals surface area contributed by atoms with E-state index in [-0.39, 0.29) is 82.4 Å². The molecule has 0 heterocycles. The molecule has 0 fully saturated rings. The lowest BCUT2D eigenvalue weighted by Crippen LogP contribution is -2.54. The van der Waals surface area contributed by atoms with Crippen LogP contribution in [0.15, 0.2) is 30.3 Å². The van der Waals surface area contributed by atoms with Crippen LogP contribution in [-0.4, -0.2) is 109 Å². The van der Waals surface area contributed by atoms with Crippen molar-refractivity contribution in [1.29, 1.82) is 0 Å². The van der Waals surface area contributed by atoms with Crippen LogP contribution in [0.5, 0.6) is 0 Å². The molecule has 0 aromatic heterocycles. The molecule has 0 bridgehead atoms. The zero-order valence-corrected chi connectivity index (χ0v) is 56.9. The molecule has 8 atom stereocenters. The Morgan fingerprint density at radius 2 is 1.03 bits per heavy atom. The fraction of sp³-hybridized carbons (Fsp3) is 0.831. The molecule has 0 unspecified atom stereocenters. The number of ether oxygens (including phenoxy) is 4. The summed E-state index contributed by atoms with van der Waals surface area (Å²) in [5.74, 6) is -2.63. The first-order valence-electron chi connectivity index (χ1n) is 28.5. The van der Waals surface area contributed by atoms with E-state index in [9.17, 15) is 19.2 Å². The Bertz CT molecular complexity index is 1900. The van der Waals surface area contributed by atoms with E-state index in [1.807, 2.05) is 30.3 Å². The summed E-state index contributed by atoms with van der Waals surface area (Å²) in [6, 6.07) is 9.71. The predicted molar refractivity (Wildman–Crippen MR) is 320 cm³/mol. The summed E-state index contributed by atoms with van der Waals surface area (Å²) in [5.41, 5.74) is 0.922. The monoisotopic (exact) mass is 1140 g/mol. The van der Waals surface area contributed by atoms with Gasteiger partial charge in [0.05, 0.1) is 57.4 Å². The van der Waals surface area contributed by atoms with E-state index in [4.69, 9.17) is 36.7 Å². The van der Waals surface area contributed by atoms with Crippen LogP contribution in [0.25, 0.3) is 0 Å². The highest BCUT2D eigenvalue weighted by Crippen LogP contribution is 2.44. The fourth-order valence-corrected chi connectivity index (χ4v) is 13.4. The van der Waals surface area contributed by atoms with Crippen molar-refractivity contribution in [2.45, 2.75) is 278 Å². The summed E-state index contributed by atoms with van der Waals surface area (Å²) >= 11 is 0. The lowest BCUT2D eigenvalue weighted by Gasteiger charge is -2.47. The molecule has 76 heavy (non-hydrogen) atoms. The summed E-state index contributed by atoms with van der Waals surface area (Å²) in [7, 11) is -6.93. The van der Waals surface area contributed by atoms with Gasteiger partial charge in [-0.1, -0.05) is 160 Å². The summed E-state index contributed by atoms with van der Waals surface area (Å²) in [5, 5.41) is 2.82. The molecule has 0 aliphatic heterocycles. The quantitative estimate of drug-likeness (QED) is 0.0316. The molecule has 1 N–H and O–H groups in total. The van der Waals surface area contributed by atoms with Crippen molar-refractivity contribution in [3.8, 4) is 0 Å². The van der Waals surface area contributed by atoms with Crippen LogP contribution in [0.2, 0.25) is 72.5 Å². The van der Waals surface area contributed by atoms with Crippen molar-refractivity contribution < 1.29 is 55.8 Å². The van der Waals surface area contributed by atoms with Crippen molar-refractivity contribution >= 4 is 57.3 Å². The number of unbranched alkanes of at least 4 members (excludes halogenated alkanes) is 2. The van der Waals surface area contributed by atoms with Crippen LogP contribution in [0.3, 0.4) is 0 Å². The van der Waals surface area contributed by atoms with Gasteiger partial charge >= 0.3 is 24.0 Å². The van der Waals surface area contributed by atoms with Gasteiger partial charge in [-0.2, -0.15) is 0 Å². The zero-order valence-electron chi connectivity index (χ0n) is 52.9. The average molecular weight is 1140 g/mol. The highest BCUT2D eigenvalue weighted by Gasteiger charge is 2.47. The van der Waals surface area contributed by atoms with Crippen LogP contribution in [0.4, 0.5) is 4.79 Å². The lowest BCUT2D eigenvalue weighted by atomic mass is 9.89. The molecule has 1 aromatic carbocycles. The number of methoxy groups -OCH3 is 2. The normalized spacial score (nSPS) is 16.6. The maximum Gasteiger partial charge on any atom is 0.407 e. The summed E-state index contributed by atoms with van der Waals surface area (Å²) in [6.45, 7) is 52.2. The molecule has 0 spiro atoms. The van der Waals surface area contributed by atoms with Gasteiger partial charge in [-0.25, -0.2) is 4.79 Å². The van der Waals surface area contributed by atoms with Gasteiger partial charge in [0, 0.05) is 13.0 Å². The molecule has 0 radical (unpaired) electrons. The minimum atomic E-state index is -2.38. The molecular weight excluding hydrogens is 1030 g/mol. The number of alkyl carbamates (subject to hydrolysis) is 1. The topological polar surface area (TPSA) is 154 Å². The van der Waals surface area contributed by atoms with E-state index < -0.39 is 69.3 Å². The number of nitrogens with one attached hydrogen (secondary N) is 1. The Morgan fingerprint density at radius 1 is 0.566 bits per heavy atom. The minimum absolute atomic E-state index is 0.0291. The molecule has 0 saturated heterocycles. The van der Waals surface area contributed by atoms with Gasteiger partial charge in [0.25, 0.3) is 0 Å². The third-order valence-electron chi connectivity index (χ3n) is 17.4. The Kier molecular flexibility index (Phi) is 28.7. The number of hydrogen-bond donors (Lipinski definition) is 1. The Morgan fingerprint density at radius 3 is 1.50 bits per heavy atom. The Hall–Kier alpha value is -2.39. The van der Waals surface area contributed by atoms with Crippen molar-refractivity contribution in [2.24, 2.45) is 17.8 Å². The van der Waals surface area contributed by atoms with Crippen LogP contribution in [-0.2, 0) is 57.6 Å². The first kappa shape index (κ1) is 71.6. The molecule has 0 aliphatic rings. The number of hydrogen-bond acceptors (Lipinski definition) is 12. The maximum atomic E-state index is 13.8. The smallest absolute Gasteiger partial charge is 0.407 e. The van der Waals surface area contributed by atoms with Gasteiger partial charge in [0.2, 0.25) is 0 Å². The minimum Gasteiger partial charge on any atom is -0.469 e. The van der Waals surface area contributed by atoms with Gasteiger partial charge < -0.3 is 42.0 Å². The van der Waals surface area contributed by atoms with E-state index in [1.54, 1.807) is 0 Å². The zero-order chi connectivity index (χ0) is 58.9. The van der Waals surface area contributed by atoms with Crippen molar-refractivity contribution in [2.75, 3.05) is 20.8 Å². The molecule has 17 heteroatoms. The third-order valence-corrected chi connectivity index (χ3v) is 35.4. The number of benzene rings is 1. The van der Waals surface area contributed by atoms with Crippen molar-refractivity contribution in [3.05, 3.63) is 35.9 Å². The second-order valence-corrected chi connectivity index (χ2v) is 47.0. The molecular formula is C59H113NO12Si4. The van der Waals surface area contributed by atoms with Crippen molar-refractivity contribution in [3.63, 3.8) is 0 Å². The summed E-state index contributed by atoms with van der Waals surface area (Å²) in [4.78, 5) is 52.0. The highest BCUT2D eigenvalue weighted by molar-refractivity contribution is 6.75. The largest absolute Gasteiger partial charge is 0.469 e. The number of esters is 3. The van der Waals surface area contributed by atoms with Crippen molar-refractivity contribution in [1.82, 2.24) is 5.32 Å². The first-order chi connectivity index (χ1) is 34.5. The predicted octanol–water partition coefficient (Wildman–Crippen LogP) is 15.5. The number of carbonyl (C=O) groups is 4. The molecule has 1 amide bonds. The lowest BCUT2D eigenvalue weighted by molar-refractivity contribution is -0.165. The van der Waals surface area contributed by atoms with E-state index in [0.717, 1.165) is 44.1 Å². The van der Waals surface area contributed by atoms with E-state index in [2.05, 4.69) is 162 Å². The molecule has 13 nitrogen and oxygen atoms in total. The number of amides is 1. The average Bonchev–Trinajstić information content (AvgIpc) is 3.28. The standard InChI is InChI=1S/C59H113NO12Si4/c1-26-44(3)53(68-52(62)39-46(54(63)66-17)38-51(61)65-16)50(72-76(24,25)59(13,14)15)37-43(2)33-29-27-32-36-48(70-74(20,21)57(7,8)9)49(71-75(22,23)58(10,11)12)40-47(69-73(18,19)56(4,5)6)41-60-55(64)67-42-45-34-30-28-31-35-45/h28,30-31,34-35,43-44,46-50,53H,26-27,29,32-33,36-42H2,1-25H3,(H,60,64)/t43-,44+,46+,47-,48+,49-,50-,53+/m0/s1. The second kappa shape index (κ2) is 30.4. The maximum absolute atomic E-state index is 13.8. The van der Waals surface area contributed by atoms with Crippen LogP contribution >= 0.6 is 0 Å². The van der Waals surface area contributed by atoms with Gasteiger partial charge in [-0.05, 0) is 109 Å². The molecule has 0 saturated carbocycles. The molecule has 0 aliphatic carbocycles. The van der Waals surface area contributed by atoms with E-state index in [1.165, 1.54) is 14.2 Å². The fourth-order valence-electron chi connectivity index (χ4n) is 7.92. The SMILES string of the molecule is CC[C@@H](C)[C@@H](OC(=O)C[C@@H](CC(=O)OC)C(=O)OC)[C@H](C[C@@H](C)CCCCC[C@@H](O[Si](C)(C)C(C)(C)C)[C@H](C[C@@H](CNC(=O)OCc1ccccc1)O[Si](C)(C)C(C)(C)C)O[Si](C)(C)C(C)(C)C)O[Si](C)(C)C(C)(C)C. The molecule has 442 valence electrons. The molecule has 1 aromatic rings. The van der Waals surface area contributed by atoms with Gasteiger partial charge in [-0.15, -0.1) is 0 Å². The third kappa shape index (κ3) is 24.1. The van der Waals surface area contributed by atoms with Gasteiger partial charge in [-0.3, -0.25) is 14.4 Å². The van der Waals surface area contributed by atoms with E-state index >= 15 is 0 Å². The van der Waals surface area contributed by atoms with Crippen LogP contribution < -0.4 is 5.32 Å². The number of rotatable bonds is 32. The summed E-state index contributed by atoms with van der Waals surface area (Å²) < 4.78 is 51.3. The number of carbonyl (C=O) groups excluding carboxylic acids is 4. The highest BCUT2D eigenvalue weighted by atomic mass is 28.4. The Labute approximate surface area is 468 Å². The van der Waals surface area contributed by atoms with Crippen LogP contribution in [0, 0.1) is 17.8 Å². The first-order valence-corrected chi connectivity index (χ1v) is 40.2. The van der Waals surface area contributed by atoms with Gasteiger partial charge in [0.15, 0.2) is 33.3 Å². The van der Waals surface area contributed by atoms with Crippen LogP contribution in [0.1, 0.15) is 174 Å².